The highest BCUT2D eigenvalue weighted by molar-refractivity contribution is 7.19. The van der Waals surface area contributed by atoms with Gasteiger partial charge >= 0.3 is 0 Å². The third-order valence-electron chi connectivity index (χ3n) is 6.64. The molecule has 0 saturated heterocycles. The topological polar surface area (TPSA) is 0 Å². The van der Waals surface area contributed by atoms with Gasteiger partial charge in [-0.2, -0.15) is 0 Å². The Morgan fingerprint density at radius 2 is 1.28 bits per heavy atom. The first-order chi connectivity index (χ1) is 15.8. The second-order valence-electron chi connectivity index (χ2n) is 8.80. The lowest BCUT2D eigenvalue weighted by atomic mass is 9.99. The third-order valence-corrected chi connectivity index (χ3v) is 8.68. The van der Waals surface area contributed by atoms with Gasteiger partial charge in [-0.15, -0.1) is 22.7 Å². The van der Waals surface area contributed by atoms with Gasteiger partial charge in [0, 0.05) is 25.0 Å². The average molecular weight is 451 g/mol. The lowest BCUT2D eigenvalue weighted by Gasteiger charge is -2.05. The van der Waals surface area contributed by atoms with Crippen molar-refractivity contribution in [3.63, 3.8) is 0 Å². The summed E-state index contributed by atoms with van der Waals surface area (Å²) >= 11 is 3.78. The zero-order chi connectivity index (χ0) is 21.5. The minimum absolute atomic E-state index is 1.11. The van der Waals surface area contributed by atoms with E-state index in [-0.39, 0.29) is 0 Å². The maximum atomic E-state index is 2.44. The molecular formula is C30H26S2. The summed E-state index contributed by atoms with van der Waals surface area (Å²) in [6.45, 7) is 2.26. The lowest BCUT2D eigenvalue weighted by Crippen LogP contribution is -1.90. The van der Waals surface area contributed by atoms with Gasteiger partial charge in [-0.25, -0.2) is 0 Å². The van der Waals surface area contributed by atoms with Crippen LogP contribution in [0.15, 0.2) is 78.2 Å². The molecule has 0 amide bonds. The highest BCUT2D eigenvalue weighted by atomic mass is 32.1. The van der Waals surface area contributed by atoms with Crippen molar-refractivity contribution in [1.82, 2.24) is 0 Å². The zero-order valence-electron chi connectivity index (χ0n) is 18.4. The molecule has 0 nitrogen and oxygen atoms in total. The molecule has 0 atom stereocenters. The quantitative estimate of drug-likeness (QED) is 0.222. The number of fused-ring (bicyclic) bond motifs is 6. The van der Waals surface area contributed by atoms with Crippen molar-refractivity contribution in [2.24, 2.45) is 0 Å². The van der Waals surface area contributed by atoms with E-state index in [2.05, 4.69) is 85.1 Å². The molecule has 0 saturated carbocycles. The Bertz CT molecular complexity index is 1550. The molecule has 0 aliphatic heterocycles. The van der Waals surface area contributed by atoms with Crippen LogP contribution in [-0.4, -0.2) is 0 Å². The van der Waals surface area contributed by atoms with Crippen molar-refractivity contribution in [2.75, 3.05) is 0 Å². The van der Waals surface area contributed by atoms with Gasteiger partial charge in [-0.05, 0) is 100 Å². The van der Waals surface area contributed by atoms with E-state index in [1.54, 1.807) is 0 Å². The number of thiophene rings is 2. The first kappa shape index (κ1) is 20.0. The molecule has 0 unspecified atom stereocenters. The normalized spacial score (nSPS) is 11.9. The molecular weight excluding hydrogens is 424 g/mol. The van der Waals surface area contributed by atoms with Crippen molar-refractivity contribution in [3.05, 3.63) is 94.2 Å². The summed E-state index contributed by atoms with van der Waals surface area (Å²) < 4.78 is 2.77. The zero-order valence-corrected chi connectivity index (χ0v) is 20.0. The summed E-state index contributed by atoms with van der Waals surface area (Å²) in [6, 6.07) is 27.9. The van der Waals surface area contributed by atoms with Gasteiger partial charge in [0.2, 0.25) is 0 Å². The molecule has 158 valence electrons. The average Bonchev–Trinajstić information content (AvgIpc) is 3.48. The summed E-state index contributed by atoms with van der Waals surface area (Å²) in [6.07, 6.45) is 5.96. The number of aryl methyl sites for hydroxylation is 3. The van der Waals surface area contributed by atoms with Crippen LogP contribution >= 0.6 is 22.7 Å². The van der Waals surface area contributed by atoms with Gasteiger partial charge in [0.25, 0.3) is 0 Å². The van der Waals surface area contributed by atoms with Gasteiger partial charge in [0.15, 0.2) is 0 Å². The monoisotopic (exact) mass is 450 g/mol. The Hall–Kier alpha value is -2.68. The van der Waals surface area contributed by atoms with Crippen molar-refractivity contribution in [3.8, 4) is 0 Å². The molecule has 2 heterocycles. The van der Waals surface area contributed by atoms with Gasteiger partial charge in [-0.3, -0.25) is 0 Å². The van der Waals surface area contributed by atoms with E-state index in [4.69, 9.17) is 0 Å². The molecule has 6 rings (SSSR count). The smallest absolute Gasteiger partial charge is 0.0352 e. The van der Waals surface area contributed by atoms with E-state index >= 15 is 0 Å². The van der Waals surface area contributed by atoms with Crippen molar-refractivity contribution < 1.29 is 0 Å². The first-order valence-corrected chi connectivity index (χ1v) is 13.3. The van der Waals surface area contributed by atoms with Crippen LogP contribution in [0.4, 0.5) is 0 Å². The number of hydrogen-bond donors (Lipinski definition) is 0. The third kappa shape index (κ3) is 3.62. The van der Waals surface area contributed by atoms with E-state index in [0.29, 0.717) is 0 Å². The molecule has 4 aromatic carbocycles. The summed E-state index contributed by atoms with van der Waals surface area (Å²) in [5, 5.41) is 10.4. The Balaban J connectivity index is 1.31. The molecule has 6 aromatic rings. The molecule has 0 aliphatic rings. The molecule has 2 heteroatoms. The SMILES string of the molecule is CCCCc1ccc(CCc2cc3c(ccc4cc5c(ccc6sccc65)cc43)s2)cc1. The van der Waals surface area contributed by atoms with Gasteiger partial charge in [0.1, 0.15) is 0 Å². The Kier molecular flexibility index (Phi) is 5.21. The minimum atomic E-state index is 1.11. The standard InChI is InChI=1S/C30H26S2/c1-2-3-4-20-5-7-21(8-6-20)9-12-24-19-28-27-18-22-10-13-29-25(15-16-31-29)26(22)17-23(27)11-14-30(28)32-24/h5-8,10-11,13-19H,2-4,9,12H2,1H3. The number of unbranched alkanes of at least 4 members (excludes halogenated alkanes) is 1. The van der Waals surface area contributed by atoms with E-state index < -0.39 is 0 Å². The minimum Gasteiger partial charge on any atom is -0.144 e. The van der Waals surface area contributed by atoms with Gasteiger partial charge in [-0.1, -0.05) is 49.7 Å². The molecule has 0 fully saturated rings. The van der Waals surface area contributed by atoms with Crippen LogP contribution in [0.2, 0.25) is 0 Å². The lowest BCUT2D eigenvalue weighted by molar-refractivity contribution is 0.794. The second-order valence-corrected chi connectivity index (χ2v) is 10.9. The van der Waals surface area contributed by atoms with Gasteiger partial charge < -0.3 is 0 Å². The fraction of sp³-hybridized carbons (Fsp3) is 0.200. The van der Waals surface area contributed by atoms with Crippen molar-refractivity contribution in [2.45, 2.75) is 39.0 Å². The highest BCUT2D eigenvalue weighted by Crippen LogP contribution is 2.37. The first-order valence-electron chi connectivity index (χ1n) is 11.6. The number of benzene rings is 4. The van der Waals surface area contributed by atoms with Crippen LogP contribution < -0.4 is 0 Å². The number of rotatable bonds is 6. The van der Waals surface area contributed by atoms with Crippen LogP contribution in [0.25, 0.3) is 41.7 Å². The van der Waals surface area contributed by atoms with Crippen LogP contribution in [0.3, 0.4) is 0 Å². The summed E-state index contributed by atoms with van der Waals surface area (Å²) in [7, 11) is 0. The molecule has 32 heavy (non-hydrogen) atoms. The molecule has 0 radical (unpaired) electrons. The maximum absolute atomic E-state index is 2.44. The molecule has 0 N–H and O–H groups in total. The van der Waals surface area contributed by atoms with E-state index in [0.717, 1.165) is 12.8 Å². The second kappa shape index (κ2) is 8.35. The van der Waals surface area contributed by atoms with Crippen LogP contribution in [0.1, 0.15) is 35.8 Å². The van der Waals surface area contributed by atoms with E-state index in [9.17, 15) is 0 Å². The molecule has 0 aliphatic carbocycles. The van der Waals surface area contributed by atoms with Crippen LogP contribution in [0.5, 0.6) is 0 Å². The Morgan fingerprint density at radius 1 is 0.594 bits per heavy atom. The fourth-order valence-corrected chi connectivity index (χ4v) is 6.70. The molecule has 0 bridgehead atoms. The number of hydrogen-bond acceptors (Lipinski definition) is 2. The van der Waals surface area contributed by atoms with Crippen LogP contribution in [-0.2, 0) is 19.3 Å². The summed E-state index contributed by atoms with van der Waals surface area (Å²) in [5.41, 5.74) is 2.91. The summed E-state index contributed by atoms with van der Waals surface area (Å²) in [5.74, 6) is 0. The van der Waals surface area contributed by atoms with Gasteiger partial charge in [0.05, 0.1) is 0 Å². The molecule has 0 spiro atoms. The van der Waals surface area contributed by atoms with Crippen LogP contribution in [0, 0.1) is 0 Å². The predicted octanol–water partition coefficient (Wildman–Crippen LogP) is 9.55. The molecule has 2 aromatic heterocycles. The Morgan fingerprint density at radius 3 is 2.03 bits per heavy atom. The predicted molar refractivity (Wildman–Crippen MR) is 145 cm³/mol. The highest BCUT2D eigenvalue weighted by Gasteiger charge is 2.09. The fourth-order valence-electron chi connectivity index (χ4n) is 4.82. The van der Waals surface area contributed by atoms with Crippen molar-refractivity contribution >= 4 is 64.4 Å². The van der Waals surface area contributed by atoms with E-state index in [1.807, 2.05) is 22.7 Å². The largest absolute Gasteiger partial charge is 0.144 e. The van der Waals surface area contributed by atoms with Crippen molar-refractivity contribution in [1.29, 1.82) is 0 Å². The van der Waals surface area contributed by atoms with E-state index in [1.165, 1.54) is 77.0 Å². The Labute approximate surface area is 197 Å². The maximum Gasteiger partial charge on any atom is 0.0352 e. The summed E-state index contributed by atoms with van der Waals surface area (Å²) in [4.78, 5) is 1.48.